The highest BCUT2D eigenvalue weighted by Crippen LogP contribution is 2.36. The highest BCUT2D eigenvalue weighted by Gasteiger charge is 2.55. The van der Waals surface area contributed by atoms with Crippen molar-refractivity contribution in [3.63, 3.8) is 0 Å². The summed E-state index contributed by atoms with van der Waals surface area (Å²) in [5, 5.41) is 4.44. The number of hydrogen-bond donors (Lipinski definition) is 0. The Balaban J connectivity index is 1.18. The van der Waals surface area contributed by atoms with Crippen LogP contribution in [-0.4, -0.2) is 113 Å². The summed E-state index contributed by atoms with van der Waals surface area (Å²) in [5.41, 5.74) is 2.80. The summed E-state index contributed by atoms with van der Waals surface area (Å²) in [5.74, 6) is -3.38. The molecule has 2 fully saturated rings. The first-order chi connectivity index (χ1) is 40.5. The van der Waals surface area contributed by atoms with Gasteiger partial charge in [0, 0.05) is 14.7 Å². The van der Waals surface area contributed by atoms with E-state index in [-0.39, 0.29) is 54.4 Å². The predicted molar refractivity (Wildman–Crippen MR) is 310 cm³/mol. The zero-order chi connectivity index (χ0) is 57.8. The number of nitrogens with zero attached hydrogens (tertiary/aromatic N) is 1. The lowest BCUT2D eigenvalue weighted by atomic mass is 9.96. The third-order valence-corrected chi connectivity index (χ3v) is 15.3. The largest absolute Gasteiger partial charge is 0.459 e. The van der Waals surface area contributed by atoms with Crippen molar-refractivity contribution in [2.45, 2.75) is 101 Å². The minimum atomic E-state index is -1.80. The van der Waals surface area contributed by atoms with E-state index in [0.717, 1.165) is 22.7 Å². The molecule has 0 aromatic heterocycles. The van der Waals surface area contributed by atoms with Crippen LogP contribution in [0.4, 0.5) is 0 Å². The van der Waals surface area contributed by atoms with Crippen LogP contribution in [0.5, 0.6) is 0 Å². The maximum Gasteiger partial charge on any atom is 0.365 e. The van der Waals surface area contributed by atoms with E-state index in [2.05, 4.69) is 24.8 Å². The SMILES string of the molecule is C[Si](C)(C)CCO[C@@H]1O[C@H](COCc2ccccc2)[C@@H](O[C@@H]2O[C@H](COC(=O)c3ccccc3)[C@@H](OC(=O)c3ccccc3)[C@H](OC(=O)c3ccccc3)/C2=N\OC(=O)c2ccccc2)[C@H](OCc2ccccc2)[C@H]1OCc1ccccc1. The van der Waals surface area contributed by atoms with Crippen molar-refractivity contribution in [1.29, 1.82) is 0 Å². The molecule has 0 aliphatic carbocycles. The lowest BCUT2D eigenvalue weighted by Crippen LogP contribution is -2.65. The third-order valence-electron chi connectivity index (χ3n) is 13.6. The number of ether oxygens (including phenoxy) is 10. The fraction of sp³-hybridized carbons (Fsp3) is 0.288. The van der Waals surface area contributed by atoms with Gasteiger partial charge in [-0.25, -0.2) is 19.2 Å². The maximum atomic E-state index is 14.6. The van der Waals surface area contributed by atoms with Crippen molar-refractivity contribution < 1.29 is 71.4 Å². The summed E-state index contributed by atoms with van der Waals surface area (Å²) in [6.45, 7) is 6.76. The van der Waals surface area contributed by atoms with Gasteiger partial charge in [0.2, 0.25) is 6.29 Å². The minimum absolute atomic E-state index is 0.0594. The number of hydrogen-bond acceptors (Lipinski definition) is 16. The van der Waals surface area contributed by atoms with Crippen molar-refractivity contribution in [2.75, 3.05) is 19.8 Å². The van der Waals surface area contributed by atoms with Gasteiger partial charge in [0.15, 0.2) is 24.2 Å². The molecule has 0 spiro atoms. The monoisotopic (exact) mass is 1140 g/mol. The summed E-state index contributed by atoms with van der Waals surface area (Å²) < 4.78 is 67.1. The molecule has 2 aliphatic heterocycles. The van der Waals surface area contributed by atoms with E-state index in [1.807, 2.05) is 91.0 Å². The molecule has 9 rings (SSSR count). The van der Waals surface area contributed by atoms with Crippen molar-refractivity contribution in [2.24, 2.45) is 5.16 Å². The van der Waals surface area contributed by atoms with Crippen LogP contribution < -0.4 is 0 Å². The van der Waals surface area contributed by atoms with E-state index in [0.29, 0.717) is 6.61 Å². The van der Waals surface area contributed by atoms with Crippen LogP contribution in [0, 0.1) is 0 Å². The molecular weight excluding hydrogens is 1070 g/mol. The maximum absolute atomic E-state index is 14.6. The molecule has 430 valence electrons. The van der Waals surface area contributed by atoms with E-state index < -0.39 is 93.9 Å². The van der Waals surface area contributed by atoms with Gasteiger partial charge >= 0.3 is 23.9 Å². The van der Waals surface area contributed by atoms with Gasteiger partial charge < -0.3 is 52.2 Å². The molecule has 7 aromatic rings. The van der Waals surface area contributed by atoms with Crippen LogP contribution in [0.2, 0.25) is 25.7 Å². The number of benzene rings is 7. The number of carbonyl (C=O) groups excluding carboxylic acids is 4. The Morgan fingerprint density at radius 1 is 0.446 bits per heavy atom. The molecule has 0 radical (unpaired) electrons. The van der Waals surface area contributed by atoms with Gasteiger partial charge in [-0.2, -0.15) is 0 Å². The normalized spacial score (nSPS) is 22.0. The van der Waals surface area contributed by atoms with Gasteiger partial charge in [-0.05, 0) is 71.3 Å². The van der Waals surface area contributed by atoms with Crippen LogP contribution in [0.25, 0.3) is 0 Å². The zero-order valence-corrected chi connectivity index (χ0v) is 47.4. The lowest BCUT2D eigenvalue weighted by Gasteiger charge is -2.48. The first-order valence-electron chi connectivity index (χ1n) is 27.5. The van der Waals surface area contributed by atoms with E-state index in [9.17, 15) is 19.2 Å². The quantitative estimate of drug-likeness (QED) is 0.0173. The summed E-state index contributed by atoms with van der Waals surface area (Å²) in [6, 6.07) is 62.2. The second kappa shape index (κ2) is 29.8. The third kappa shape index (κ3) is 17.3. The molecule has 83 heavy (non-hydrogen) atoms. The van der Waals surface area contributed by atoms with Crippen LogP contribution in [-0.2, 0) is 72.0 Å². The Kier molecular flexibility index (Phi) is 21.4. The molecule has 2 aliphatic rings. The van der Waals surface area contributed by atoms with Crippen LogP contribution in [0.1, 0.15) is 58.1 Å². The number of oxime groups is 1. The van der Waals surface area contributed by atoms with Gasteiger partial charge in [-0.3, -0.25) is 0 Å². The highest BCUT2D eigenvalue weighted by atomic mass is 28.3. The Labute approximate surface area is 484 Å². The van der Waals surface area contributed by atoms with Crippen LogP contribution >= 0.6 is 0 Å². The van der Waals surface area contributed by atoms with Gasteiger partial charge in [0.1, 0.15) is 37.1 Å². The predicted octanol–water partition coefficient (Wildman–Crippen LogP) is 11.1. The Morgan fingerprint density at radius 2 is 0.880 bits per heavy atom. The van der Waals surface area contributed by atoms with Crippen molar-refractivity contribution in [1.82, 2.24) is 0 Å². The summed E-state index contributed by atoms with van der Waals surface area (Å²) in [7, 11) is -1.66. The summed E-state index contributed by atoms with van der Waals surface area (Å²) in [4.78, 5) is 62.5. The molecule has 0 N–H and O–H groups in total. The van der Waals surface area contributed by atoms with Gasteiger partial charge in [-0.1, -0.05) is 189 Å². The van der Waals surface area contributed by atoms with Crippen molar-refractivity contribution in [3.05, 3.63) is 251 Å². The van der Waals surface area contributed by atoms with E-state index in [4.69, 9.17) is 52.2 Å². The molecule has 2 saturated heterocycles. The van der Waals surface area contributed by atoms with Crippen molar-refractivity contribution in [3.8, 4) is 0 Å². The first kappa shape index (κ1) is 59.6. The zero-order valence-electron chi connectivity index (χ0n) is 46.4. The summed E-state index contributed by atoms with van der Waals surface area (Å²) >= 11 is 0. The molecule has 16 nitrogen and oxygen atoms in total. The summed E-state index contributed by atoms with van der Waals surface area (Å²) in [6.07, 6.45) is -12.2. The topological polar surface area (TPSA) is 182 Å². The molecular formula is C66H67NO15Si. The number of esters is 3. The molecule has 0 amide bonds. The average molecular weight is 1140 g/mol. The van der Waals surface area contributed by atoms with Crippen molar-refractivity contribution >= 4 is 37.7 Å². The first-order valence-corrected chi connectivity index (χ1v) is 31.3. The Hall–Kier alpha value is -7.97. The fourth-order valence-electron chi connectivity index (χ4n) is 9.16. The number of carbonyl (C=O) groups is 4. The van der Waals surface area contributed by atoms with Gasteiger partial charge in [-0.15, -0.1) is 0 Å². The Bertz CT molecular complexity index is 3160. The lowest BCUT2D eigenvalue weighted by molar-refractivity contribution is -0.342. The second-order valence-electron chi connectivity index (χ2n) is 21.0. The van der Waals surface area contributed by atoms with E-state index >= 15 is 0 Å². The number of rotatable bonds is 25. The highest BCUT2D eigenvalue weighted by molar-refractivity contribution is 6.76. The molecule has 17 heteroatoms. The molecule has 0 bridgehead atoms. The standard InChI is InChI=1S/C66H67NO15Si/c1-83(2,3)40-39-73-66-60(75-43-48-29-15-6-16-30-48)59(74-42-47-27-13-5-14-28-47)57(53(78-66)44-72-41-46-25-11-4-12-26-46)81-65-55(67-82-64(71)52-37-23-10-24-38-52)58(80-63(70)51-35-21-9-22-36-51)56(79-62(69)50-33-19-8-20-34-50)54(77-65)45-76-61(68)49-31-17-7-18-32-49/h4-38,53-54,56-60,65-66H,39-45H2,1-3H3/b67-55+/t53-,54-,56-,57-,58-,59+,60-,65+,66-/m1/s1. The van der Waals surface area contributed by atoms with Crippen LogP contribution in [0.3, 0.4) is 0 Å². The molecule has 9 atom stereocenters. The minimum Gasteiger partial charge on any atom is -0.459 e. The average Bonchev–Trinajstić information content (AvgIpc) is 3.67. The van der Waals surface area contributed by atoms with E-state index in [1.165, 1.54) is 24.3 Å². The van der Waals surface area contributed by atoms with E-state index in [1.54, 1.807) is 97.1 Å². The van der Waals surface area contributed by atoms with Crippen LogP contribution in [0.15, 0.2) is 217 Å². The molecule has 2 heterocycles. The smallest absolute Gasteiger partial charge is 0.365 e. The molecule has 7 aromatic carbocycles. The second-order valence-corrected chi connectivity index (χ2v) is 26.6. The molecule has 0 unspecified atom stereocenters. The van der Waals surface area contributed by atoms with Gasteiger partial charge in [0.25, 0.3) is 0 Å². The Morgan fingerprint density at radius 3 is 1.39 bits per heavy atom. The molecule has 0 saturated carbocycles. The fourth-order valence-corrected chi connectivity index (χ4v) is 9.89. The van der Waals surface area contributed by atoms with Gasteiger partial charge in [0.05, 0.1) is 48.7 Å².